The van der Waals surface area contributed by atoms with Crippen LogP contribution in [-0.2, 0) is 33.4 Å². The molecule has 0 saturated carbocycles. The van der Waals surface area contributed by atoms with Gasteiger partial charge in [0.2, 0.25) is 5.91 Å². The van der Waals surface area contributed by atoms with Crippen LogP contribution in [0.4, 0.5) is 0 Å². The van der Waals surface area contributed by atoms with Crippen molar-refractivity contribution in [1.82, 2.24) is 4.90 Å². The molecule has 38 heavy (non-hydrogen) atoms. The minimum atomic E-state index is -1.13. The molecule has 0 aromatic carbocycles. The summed E-state index contributed by atoms with van der Waals surface area (Å²) in [6.45, 7) is 21.8. The zero-order valence-electron chi connectivity index (χ0n) is 23.8. The molecule has 0 aliphatic carbocycles. The van der Waals surface area contributed by atoms with Crippen molar-refractivity contribution in [1.29, 1.82) is 0 Å². The van der Waals surface area contributed by atoms with Crippen LogP contribution in [0.2, 0.25) is 0 Å². The van der Waals surface area contributed by atoms with Crippen LogP contribution in [0.1, 0.15) is 54.4 Å². The van der Waals surface area contributed by atoms with Gasteiger partial charge in [0.1, 0.15) is 31.7 Å². The Kier molecular flexibility index (Phi) is 16.6. The van der Waals surface area contributed by atoms with Crippen molar-refractivity contribution in [2.75, 3.05) is 44.4 Å². The molecule has 0 saturated heterocycles. The second kappa shape index (κ2) is 17.8. The maximum absolute atomic E-state index is 13.0. The molecule has 0 rings (SSSR count). The summed E-state index contributed by atoms with van der Waals surface area (Å²) in [6, 6.07) is 0. The van der Waals surface area contributed by atoms with Crippen LogP contribution in [0.15, 0.2) is 36.6 Å². The number of hydrogen-bond donors (Lipinski definition) is 1. The Hall–Kier alpha value is -2.59. The third kappa shape index (κ3) is 14.4. The number of aliphatic hydroxyl groups excluding tert-OH is 1. The van der Waals surface area contributed by atoms with E-state index in [-0.39, 0.29) is 56.8 Å². The Morgan fingerprint density at radius 1 is 0.974 bits per heavy atom. The predicted molar refractivity (Wildman–Crippen MR) is 149 cm³/mol. The van der Waals surface area contributed by atoms with Crippen molar-refractivity contribution in [3.05, 3.63) is 36.6 Å². The largest absolute Gasteiger partial charge is 0.492 e. The average molecular weight is 556 g/mol. The minimum absolute atomic E-state index is 0.0112. The van der Waals surface area contributed by atoms with Crippen molar-refractivity contribution in [2.24, 2.45) is 11.3 Å². The molecule has 0 aliphatic rings. The van der Waals surface area contributed by atoms with E-state index in [0.717, 1.165) is 0 Å². The van der Waals surface area contributed by atoms with E-state index in [9.17, 15) is 24.3 Å². The second-order valence-electron chi connectivity index (χ2n) is 9.92. The van der Waals surface area contributed by atoms with Gasteiger partial charge in [-0.1, -0.05) is 33.6 Å². The summed E-state index contributed by atoms with van der Waals surface area (Å²) >= 11 is 1.23. The molecule has 10 heteroatoms. The molecule has 0 aliphatic heterocycles. The summed E-state index contributed by atoms with van der Waals surface area (Å²) in [5, 5.41) is 9.93. The van der Waals surface area contributed by atoms with E-state index >= 15 is 0 Å². The van der Waals surface area contributed by atoms with Gasteiger partial charge in [-0.25, -0.2) is 0 Å². The molecule has 0 fully saturated rings. The van der Waals surface area contributed by atoms with Crippen LogP contribution >= 0.6 is 11.8 Å². The third-order valence-corrected chi connectivity index (χ3v) is 6.97. The number of ether oxygens (including phenoxy) is 3. The molecular weight excluding hydrogens is 510 g/mol. The van der Waals surface area contributed by atoms with Gasteiger partial charge in [0.15, 0.2) is 5.78 Å². The number of hydrogen-bond acceptors (Lipinski definition) is 9. The van der Waals surface area contributed by atoms with Crippen molar-refractivity contribution in [2.45, 2.75) is 60.5 Å². The number of esters is 2. The standard InChI is InChI=1S/C28H45NO8S/c1-10-28(8,9)27(34)37-16-23(30)15-36-25(32)18-38-17-21(6)26(33)29(12-11-24(31)20(4)5)13-14-35-22(7)19(2)3/h21,23,30H,2,4,7,10-18H2,1,3,5-6,8-9H3. The molecule has 2 atom stereocenters. The zero-order chi connectivity index (χ0) is 29.5. The van der Waals surface area contributed by atoms with Crippen LogP contribution in [0, 0.1) is 11.3 Å². The number of Topliss-reactive ketones (excluding diaryl/α,β-unsaturated/α-hetero) is 1. The topological polar surface area (TPSA) is 119 Å². The quantitative estimate of drug-likeness (QED) is 0.104. The maximum Gasteiger partial charge on any atom is 0.315 e. The van der Waals surface area contributed by atoms with Gasteiger partial charge < -0.3 is 24.2 Å². The van der Waals surface area contributed by atoms with Gasteiger partial charge in [-0.05, 0) is 45.3 Å². The van der Waals surface area contributed by atoms with E-state index in [1.54, 1.807) is 39.5 Å². The number of nitrogens with zero attached hydrogens (tertiary/aromatic N) is 1. The minimum Gasteiger partial charge on any atom is -0.492 e. The van der Waals surface area contributed by atoms with Gasteiger partial charge in [0, 0.05) is 24.6 Å². The Bertz CT molecular complexity index is 867. The lowest BCUT2D eigenvalue weighted by Gasteiger charge is -2.26. The maximum atomic E-state index is 13.0. The van der Waals surface area contributed by atoms with Crippen molar-refractivity contribution >= 4 is 35.4 Å². The summed E-state index contributed by atoms with van der Waals surface area (Å²) < 4.78 is 15.7. The van der Waals surface area contributed by atoms with Crippen LogP contribution < -0.4 is 0 Å². The molecule has 0 bridgehead atoms. The lowest BCUT2D eigenvalue weighted by Crippen LogP contribution is -2.39. The van der Waals surface area contributed by atoms with E-state index in [0.29, 0.717) is 29.1 Å². The highest BCUT2D eigenvalue weighted by molar-refractivity contribution is 7.99. The summed E-state index contributed by atoms with van der Waals surface area (Å²) in [6.07, 6.45) is -0.375. The summed E-state index contributed by atoms with van der Waals surface area (Å²) in [4.78, 5) is 50.6. The normalized spacial score (nSPS) is 12.6. The predicted octanol–water partition coefficient (Wildman–Crippen LogP) is 3.71. The zero-order valence-corrected chi connectivity index (χ0v) is 24.6. The number of amides is 1. The molecule has 216 valence electrons. The number of aliphatic hydroxyl groups is 1. The number of carbonyl (C=O) groups excluding carboxylic acids is 4. The fourth-order valence-corrected chi connectivity index (χ4v) is 3.54. The van der Waals surface area contributed by atoms with Gasteiger partial charge in [-0.3, -0.25) is 19.2 Å². The van der Waals surface area contributed by atoms with E-state index in [1.807, 2.05) is 6.92 Å². The molecule has 2 unspecified atom stereocenters. The molecule has 0 aromatic rings. The van der Waals surface area contributed by atoms with Crippen LogP contribution in [0.25, 0.3) is 0 Å². The Labute approximate surface area is 231 Å². The monoisotopic (exact) mass is 555 g/mol. The average Bonchev–Trinajstić information content (AvgIpc) is 2.86. The van der Waals surface area contributed by atoms with E-state index in [1.165, 1.54) is 11.8 Å². The van der Waals surface area contributed by atoms with Crippen LogP contribution in [-0.4, -0.2) is 84.2 Å². The molecule has 1 N–H and O–H groups in total. The highest BCUT2D eigenvalue weighted by Gasteiger charge is 2.28. The summed E-state index contributed by atoms with van der Waals surface area (Å²) in [7, 11) is 0. The first-order valence-corrected chi connectivity index (χ1v) is 13.8. The number of allylic oxidation sites excluding steroid dienone is 2. The van der Waals surface area contributed by atoms with Crippen molar-refractivity contribution in [3.63, 3.8) is 0 Å². The number of carbonyl (C=O) groups is 4. The second-order valence-corrected chi connectivity index (χ2v) is 10.9. The fourth-order valence-electron chi connectivity index (χ4n) is 2.68. The first-order chi connectivity index (χ1) is 17.6. The van der Waals surface area contributed by atoms with Crippen LogP contribution in [0.5, 0.6) is 0 Å². The Morgan fingerprint density at radius 2 is 1.58 bits per heavy atom. The summed E-state index contributed by atoms with van der Waals surface area (Å²) in [5.74, 6) is -0.917. The van der Waals surface area contributed by atoms with Gasteiger partial charge in [-0.2, -0.15) is 0 Å². The smallest absolute Gasteiger partial charge is 0.315 e. The Balaban J connectivity index is 4.63. The molecule has 0 spiro atoms. The summed E-state index contributed by atoms with van der Waals surface area (Å²) in [5.41, 5.74) is 0.466. The molecule has 0 aromatic heterocycles. The molecule has 1 amide bonds. The molecular formula is C28H45NO8S. The lowest BCUT2D eigenvalue weighted by molar-refractivity contribution is -0.159. The van der Waals surface area contributed by atoms with Gasteiger partial charge in [0.25, 0.3) is 0 Å². The first kappa shape index (κ1) is 35.4. The van der Waals surface area contributed by atoms with Gasteiger partial charge in [0.05, 0.1) is 17.7 Å². The number of thioether (sulfide) groups is 1. The number of rotatable bonds is 20. The number of ketones is 1. The SMILES string of the molecule is C=C(C)C(=C)OCCN(CCC(=O)C(=C)C)C(=O)C(C)CSCC(=O)OCC(O)COC(=O)C(C)(C)CC. The van der Waals surface area contributed by atoms with E-state index in [2.05, 4.69) is 19.7 Å². The fraction of sp³-hybridized carbons (Fsp3) is 0.643. The lowest BCUT2D eigenvalue weighted by atomic mass is 9.91. The Morgan fingerprint density at radius 3 is 2.13 bits per heavy atom. The van der Waals surface area contributed by atoms with E-state index in [4.69, 9.17) is 14.2 Å². The van der Waals surface area contributed by atoms with Gasteiger partial charge >= 0.3 is 11.9 Å². The van der Waals surface area contributed by atoms with Crippen LogP contribution in [0.3, 0.4) is 0 Å². The molecule has 0 radical (unpaired) electrons. The van der Waals surface area contributed by atoms with Gasteiger partial charge in [-0.15, -0.1) is 11.8 Å². The third-order valence-electron chi connectivity index (χ3n) is 5.80. The molecule has 0 heterocycles. The molecule has 9 nitrogen and oxygen atoms in total. The first-order valence-electron chi connectivity index (χ1n) is 12.7. The highest BCUT2D eigenvalue weighted by Crippen LogP contribution is 2.21. The van der Waals surface area contributed by atoms with Crippen molar-refractivity contribution in [3.8, 4) is 0 Å². The highest BCUT2D eigenvalue weighted by atomic mass is 32.2. The van der Waals surface area contributed by atoms with Crippen molar-refractivity contribution < 1.29 is 38.5 Å². The van der Waals surface area contributed by atoms with E-state index < -0.39 is 29.4 Å².